The summed E-state index contributed by atoms with van der Waals surface area (Å²) < 4.78 is 6.31. The fourth-order valence-corrected chi connectivity index (χ4v) is 2.48. The molecule has 0 amide bonds. The highest BCUT2D eigenvalue weighted by Crippen LogP contribution is 2.29. The molecule has 1 aromatic carbocycles. The smallest absolute Gasteiger partial charge is 0.0903 e. The lowest BCUT2D eigenvalue weighted by Crippen LogP contribution is -1.88. The quantitative estimate of drug-likeness (QED) is 0.599. The van der Waals surface area contributed by atoms with Crippen LogP contribution in [0.2, 0.25) is 0 Å². The minimum Gasteiger partial charge on any atom is -0.372 e. The summed E-state index contributed by atoms with van der Waals surface area (Å²) >= 11 is 5.35. The molecule has 0 N–H and O–H groups in total. The average Bonchev–Trinajstić information content (AvgIpc) is 2.86. The molecule has 1 aromatic rings. The number of hydrogen-bond donors (Lipinski definition) is 0. The molecule has 1 nitrogen and oxygen atoms in total. The molecule has 1 aliphatic rings. The Morgan fingerprint density at radius 3 is 2.92 bits per heavy atom. The van der Waals surface area contributed by atoms with Crippen LogP contribution in [0.25, 0.3) is 0 Å². The Kier molecular flexibility index (Phi) is 2.73. The van der Waals surface area contributed by atoms with E-state index in [2.05, 4.69) is 34.1 Å². The van der Waals surface area contributed by atoms with Crippen molar-refractivity contribution < 1.29 is 4.74 Å². The highest BCUT2D eigenvalue weighted by Gasteiger charge is 2.22. The summed E-state index contributed by atoms with van der Waals surface area (Å²) in [6.45, 7) is 0.942. The molecular formula is C9H9BrOS. The summed E-state index contributed by atoms with van der Waals surface area (Å²) in [7, 11) is 0. The molecule has 1 saturated heterocycles. The molecule has 0 spiro atoms. The van der Waals surface area contributed by atoms with Gasteiger partial charge in [0.25, 0.3) is 0 Å². The van der Waals surface area contributed by atoms with E-state index in [0.717, 1.165) is 12.4 Å². The van der Waals surface area contributed by atoms with Gasteiger partial charge in [-0.15, -0.1) is 11.8 Å². The molecule has 1 aliphatic heterocycles. The van der Waals surface area contributed by atoms with E-state index in [1.807, 2.05) is 17.8 Å². The lowest BCUT2D eigenvalue weighted by molar-refractivity contribution is 0.426. The molecule has 0 aliphatic carbocycles. The summed E-state index contributed by atoms with van der Waals surface area (Å²) in [6, 6.07) is 8.27. The van der Waals surface area contributed by atoms with Gasteiger partial charge in [-0.2, -0.15) is 0 Å². The summed E-state index contributed by atoms with van der Waals surface area (Å²) in [5, 5.41) is 0. The van der Waals surface area contributed by atoms with Crippen molar-refractivity contribution >= 4 is 27.7 Å². The molecule has 0 aromatic heterocycles. The molecule has 0 bridgehead atoms. The minimum absolute atomic E-state index is 0.502. The molecule has 12 heavy (non-hydrogen) atoms. The van der Waals surface area contributed by atoms with Gasteiger partial charge in [0.15, 0.2) is 0 Å². The maximum Gasteiger partial charge on any atom is 0.0903 e. The maximum absolute atomic E-state index is 5.13. The largest absolute Gasteiger partial charge is 0.372 e. The van der Waals surface area contributed by atoms with Crippen LogP contribution in [-0.2, 0) is 4.74 Å². The molecule has 1 atom stereocenters. The van der Waals surface area contributed by atoms with Crippen LogP contribution in [0.15, 0.2) is 33.6 Å². The fourth-order valence-electron chi connectivity index (χ4n) is 0.909. The molecule has 1 heterocycles. The SMILES string of the molecule is Brc1ccccc1SC[C@@H]1CO1. The van der Waals surface area contributed by atoms with Gasteiger partial charge in [0.2, 0.25) is 0 Å². The molecule has 64 valence electrons. The summed E-state index contributed by atoms with van der Waals surface area (Å²) in [5.41, 5.74) is 0. The first kappa shape index (κ1) is 8.60. The van der Waals surface area contributed by atoms with Gasteiger partial charge < -0.3 is 4.74 Å². The van der Waals surface area contributed by atoms with Crippen molar-refractivity contribution in [3.05, 3.63) is 28.7 Å². The van der Waals surface area contributed by atoms with Gasteiger partial charge in [0, 0.05) is 15.1 Å². The van der Waals surface area contributed by atoms with Gasteiger partial charge in [0.1, 0.15) is 0 Å². The first-order valence-electron chi connectivity index (χ1n) is 3.85. The second-order valence-electron chi connectivity index (χ2n) is 2.70. The predicted octanol–water partition coefficient (Wildman–Crippen LogP) is 2.94. The van der Waals surface area contributed by atoms with E-state index in [9.17, 15) is 0 Å². The van der Waals surface area contributed by atoms with Gasteiger partial charge in [-0.05, 0) is 28.1 Å². The molecule has 3 heteroatoms. The first-order chi connectivity index (χ1) is 5.86. The number of halogens is 1. The minimum atomic E-state index is 0.502. The molecule has 1 fully saturated rings. The standard InChI is InChI=1S/C9H9BrOS/c10-8-3-1-2-4-9(8)12-6-7-5-11-7/h1-4,7H,5-6H2/t7-/m0/s1. The number of ether oxygens (including phenoxy) is 1. The molecule has 0 saturated carbocycles. The van der Waals surface area contributed by atoms with Crippen molar-refractivity contribution in [3.8, 4) is 0 Å². The number of hydrogen-bond acceptors (Lipinski definition) is 2. The zero-order chi connectivity index (χ0) is 8.39. The van der Waals surface area contributed by atoms with E-state index < -0.39 is 0 Å². The van der Waals surface area contributed by atoms with E-state index in [0.29, 0.717) is 6.10 Å². The third-order valence-corrected chi connectivity index (χ3v) is 3.82. The van der Waals surface area contributed by atoms with Crippen molar-refractivity contribution in [3.63, 3.8) is 0 Å². The Hall–Kier alpha value is 0.01000. The summed E-state index contributed by atoms with van der Waals surface area (Å²) in [6.07, 6.45) is 0.502. The van der Waals surface area contributed by atoms with Crippen LogP contribution in [0.5, 0.6) is 0 Å². The van der Waals surface area contributed by atoms with Crippen molar-refractivity contribution in [2.75, 3.05) is 12.4 Å². The Morgan fingerprint density at radius 1 is 1.50 bits per heavy atom. The zero-order valence-electron chi connectivity index (χ0n) is 6.50. The van der Waals surface area contributed by atoms with E-state index in [1.165, 1.54) is 9.37 Å². The van der Waals surface area contributed by atoms with Gasteiger partial charge in [0.05, 0.1) is 12.7 Å². The Labute approximate surface area is 84.6 Å². The first-order valence-corrected chi connectivity index (χ1v) is 5.63. The van der Waals surface area contributed by atoms with E-state index in [-0.39, 0.29) is 0 Å². The monoisotopic (exact) mass is 244 g/mol. The van der Waals surface area contributed by atoms with Crippen molar-refractivity contribution in [2.24, 2.45) is 0 Å². The van der Waals surface area contributed by atoms with Crippen LogP contribution in [0, 0.1) is 0 Å². The second-order valence-corrected chi connectivity index (χ2v) is 4.61. The Bertz CT molecular complexity index is 273. The third-order valence-electron chi connectivity index (χ3n) is 1.66. The Balaban J connectivity index is 1.96. The van der Waals surface area contributed by atoms with Crippen molar-refractivity contribution in [1.82, 2.24) is 0 Å². The van der Waals surface area contributed by atoms with E-state index in [4.69, 9.17) is 4.74 Å². The summed E-state index contributed by atoms with van der Waals surface area (Å²) in [4.78, 5) is 1.30. The van der Waals surface area contributed by atoms with Crippen molar-refractivity contribution in [1.29, 1.82) is 0 Å². The van der Waals surface area contributed by atoms with Gasteiger partial charge in [-0.1, -0.05) is 12.1 Å². The van der Waals surface area contributed by atoms with Crippen LogP contribution < -0.4 is 0 Å². The number of rotatable bonds is 3. The van der Waals surface area contributed by atoms with E-state index >= 15 is 0 Å². The number of benzene rings is 1. The van der Waals surface area contributed by atoms with Crippen LogP contribution in [0.4, 0.5) is 0 Å². The highest BCUT2D eigenvalue weighted by atomic mass is 79.9. The molecule has 0 unspecified atom stereocenters. The van der Waals surface area contributed by atoms with E-state index in [1.54, 1.807) is 0 Å². The predicted molar refractivity (Wildman–Crippen MR) is 54.6 cm³/mol. The Morgan fingerprint density at radius 2 is 2.25 bits per heavy atom. The van der Waals surface area contributed by atoms with Crippen LogP contribution in [0.1, 0.15) is 0 Å². The van der Waals surface area contributed by atoms with Crippen molar-refractivity contribution in [2.45, 2.75) is 11.0 Å². The zero-order valence-corrected chi connectivity index (χ0v) is 8.90. The molecule has 0 radical (unpaired) electrons. The number of epoxide rings is 1. The second kappa shape index (κ2) is 3.81. The van der Waals surface area contributed by atoms with Crippen LogP contribution in [-0.4, -0.2) is 18.5 Å². The van der Waals surface area contributed by atoms with Gasteiger partial charge >= 0.3 is 0 Å². The van der Waals surface area contributed by atoms with Crippen LogP contribution in [0.3, 0.4) is 0 Å². The van der Waals surface area contributed by atoms with Gasteiger partial charge in [-0.3, -0.25) is 0 Å². The normalized spacial score (nSPS) is 20.9. The van der Waals surface area contributed by atoms with Crippen LogP contribution >= 0.6 is 27.7 Å². The molecule has 2 rings (SSSR count). The number of thioether (sulfide) groups is 1. The lowest BCUT2D eigenvalue weighted by Gasteiger charge is -2.00. The molecular weight excluding hydrogens is 236 g/mol. The maximum atomic E-state index is 5.13. The van der Waals surface area contributed by atoms with Gasteiger partial charge in [-0.25, -0.2) is 0 Å². The average molecular weight is 245 g/mol. The lowest BCUT2D eigenvalue weighted by atomic mass is 10.4. The third kappa shape index (κ3) is 2.25. The fraction of sp³-hybridized carbons (Fsp3) is 0.333. The summed E-state index contributed by atoms with van der Waals surface area (Å²) in [5.74, 6) is 1.07. The highest BCUT2D eigenvalue weighted by molar-refractivity contribution is 9.10. The topological polar surface area (TPSA) is 12.5 Å².